The zero-order chi connectivity index (χ0) is 26.5. The van der Waals surface area contributed by atoms with Gasteiger partial charge in [0.15, 0.2) is 34.8 Å². The van der Waals surface area contributed by atoms with Gasteiger partial charge in [0.05, 0.1) is 11.4 Å². The number of halogens is 11. The summed E-state index contributed by atoms with van der Waals surface area (Å²) in [7, 11) is 0. The summed E-state index contributed by atoms with van der Waals surface area (Å²) in [5, 5.41) is 0. The number of hydrogen-bond donors (Lipinski definition) is 2. The minimum atomic E-state index is -5.78. The Kier molecular flexibility index (Phi) is 6.39. The molecule has 0 saturated carbocycles. The number of nitrogen functional groups attached to an aromatic ring is 2. The predicted molar refractivity (Wildman–Crippen MR) is 98.1 cm³/mol. The van der Waals surface area contributed by atoms with Crippen molar-refractivity contribution in [2.75, 3.05) is 11.5 Å². The van der Waals surface area contributed by atoms with E-state index in [4.69, 9.17) is 11.5 Å². The molecule has 0 saturated heterocycles. The molecule has 0 spiro atoms. The molecule has 3 aromatic rings. The molecule has 3 aromatic carbocycles. The lowest BCUT2D eigenvalue weighted by Gasteiger charge is -2.21. The normalized spacial score (nSPS) is 12.1. The van der Waals surface area contributed by atoms with Gasteiger partial charge in [0.2, 0.25) is 17.3 Å². The minimum Gasteiger partial charge on any atom is -0.447 e. The molecule has 0 atom stereocenters. The van der Waals surface area contributed by atoms with Crippen molar-refractivity contribution in [3.63, 3.8) is 0 Å². The monoisotopic (exact) mass is 518 g/mol. The molecule has 4 nitrogen and oxygen atoms in total. The lowest BCUT2D eigenvalue weighted by Crippen LogP contribution is -2.16. The highest BCUT2D eigenvalue weighted by atomic mass is 19.4. The van der Waals surface area contributed by atoms with Gasteiger partial charge in [0, 0.05) is 0 Å². The molecule has 0 aliphatic rings. The Bertz CT molecular complexity index is 1210. The quantitative estimate of drug-likeness (QED) is 0.284. The summed E-state index contributed by atoms with van der Waals surface area (Å²) >= 11 is 0. The summed E-state index contributed by atoms with van der Waals surface area (Å²) in [5.41, 5.74) is 3.61. The van der Waals surface area contributed by atoms with Crippen LogP contribution < -0.4 is 20.9 Å². The van der Waals surface area contributed by atoms with Crippen molar-refractivity contribution in [3.05, 3.63) is 70.5 Å². The first kappa shape index (κ1) is 25.7. The van der Waals surface area contributed by atoms with Gasteiger partial charge in [-0.15, -0.1) is 0 Å². The van der Waals surface area contributed by atoms with Gasteiger partial charge in [-0.3, -0.25) is 0 Å². The number of ether oxygens (including phenoxy) is 2. The number of rotatable bonds is 4. The second-order valence-electron chi connectivity index (χ2n) is 6.70. The molecule has 0 heterocycles. The van der Waals surface area contributed by atoms with E-state index in [0.29, 0.717) is 24.3 Å². The molecule has 0 aliphatic heterocycles. The van der Waals surface area contributed by atoms with Crippen LogP contribution in [0, 0.1) is 29.1 Å². The highest BCUT2D eigenvalue weighted by molar-refractivity contribution is 5.56. The molecule has 0 aliphatic carbocycles. The maximum Gasteiger partial charge on any atom is 0.420 e. The second-order valence-corrected chi connectivity index (χ2v) is 6.70. The van der Waals surface area contributed by atoms with Crippen molar-refractivity contribution >= 4 is 11.4 Å². The molecule has 188 valence electrons. The van der Waals surface area contributed by atoms with Crippen LogP contribution in [0.3, 0.4) is 0 Å². The number of hydrogen-bond acceptors (Lipinski definition) is 4. The van der Waals surface area contributed by atoms with Gasteiger partial charge in [-0.2, -0.15) is 30.7 Å². The molecule has 15 heteroatoms. The molecule has 0 unspecified atom stereocenters. The van der Waals surface area contributed by atoms with E-state index in [1.165, 1.54) is 0 Å². The Morgan fingerprint density at radius 3 is 1.17 bits per heavy atom. The second kappa shape index (κ2) is 8.70. The lowest BCUT2D eigenvalue weighted by molar-refractivity contribution is -0.144. The van der Waals surface area contributed by atoms with Crippen LogP contribution >= 0.6 is 0 Å². The Labute approximate surface area is 187 Å². The molecular formula is C20H9F11N2O2. The molecule has 0 amide bonds. The number of anilines is 2. The van der Waals surface area contributed by atoms with Crippen molar-refractivity contribution in [3.8, 4) is 23.0 Å². The Balaban J connectivity index is 2.36. The largest absolute Gasteiger partial charge is 0.447 e. The Hall–Kier alpha value is -3.91. The number of alkyl halides is 6. The molecular weight excluding hydrogens is 509 g/mol. The third-order valence-corrected chi connectivity index (χ3v) is 4.35. The Morgan fingerprint density at radius 2 is 0.857 bits per heavy atom. The van der Waals surface area contributed by atoms with E-state index in [9.17, 15) is 43.9 Å². The minimum absolute atomic E-state index is 0.415. The van der Waals surface area contributed by atoms with E-state index < -0.39 is 93.0 Å². The van der Waals surface area contributed by atoms with E-state index in [2.05, 4.69) is 9.47 Å². The van der Waals surface area contributed by atoms with Crippen LogP contribution in [0.4, 0.5) is 59.7 Å². The zero-order valence-corrected chi connectivity index (χ0v) is 16.5. The van der Waals surface area contributed by atoms with Gasteiger partial charge in [0.1, 0.15) is 11.1 Å². The SMILES string of the molecule is Nc1ccc(F)c(Oc2c(C(F)(F)F)cc(C(F)(F)F)c(Oc3c(F)ccc(N)c3F)c2F)c1F. The van der Waals surface area contributed by atoms with Gasteiger partial charge in [0.25, 0.3) is 0 Å². The smallest absolute Gasteiger partial charge is 0.420 e. The predicted octanol–water partition coefficient (Wildman–Crippen LogP) is 7.17. The molecule has 0 radical (unpaired) electrons. The third-order valence-electron chi connectivity index (χ3n) is 4.35. The molecule has 0 aromatic heterocycles. The first-order valence-electron chi connectivity index (χ1n) is 8.87. The van der Waals surface area contributed by atoms with Crippen molar-refractivity contribution in [2.24, 2.45) is 0 Å². The fraction of sp³-hybridized carbons (Fsp3) is 0.100. The van der Waals surface area contributed by atoms with Gasteiger partial charge in [-0.25, -0.2) is 17.6 Å². The summed E-state index contributed by atoms with van der Waals surface area (Å²) in [6.45, 7) is 0. The average molecular weight is 518 g/mol. The van der Waals surface area contributed by atoms with Crippen LogP contribution in [0.1, 0.15) is 11.1 Å². The summed E-state index contributed by atoms with van der Waals surface area (Å²) in [5.74, 6) is -17.5. The highest BCUT2D eigenvalue weighted by Crippen LogP contribution is 2.50. The molecule has 4 N–H and O–H groups in total. The molecule has 0 fully saturated rings. The van der Waals surface area contributed by atoms with Crippen LogP contribution in [0.5, 0.6) is 23.0 Å². The summed E-state index contributed by atoms with van der Waals surface area (Å²) in [4.78, 5) is 0. The molecule has 0 bridgehead atoms. The van der Waals surface area contributed by atoms with Crippen LogP contribution in [-0.4, -0.2) is 0 Å². The highest BCUT2D eigenvalue weighted by Gasteiger charge is 2.45. The van der Waals surface area contributed by atoms with E-state index in [1.807, 2.05) is 0 Å². The molecule has 35 heavy (non-hydrogen) atoms. The zero-order valence-electron chi connectivity index (χ0n) is 16.5. The fourth-order valence-electron chi connectivity index (χ4n) is 2.72. The number of nitrogens with two attached hydrogens (primary N) is 2. The van der Waals surface area contributed by atoms with Gasteiger partial charge in [-0.1, -0.05) is 0 Å². The standard InChI is InChI=1S/C20H9F11N2O2/c21-8-1-3-10(32)12(23)17(8)34-15-6(19(26,27)28)5-7(20(29,30)31)16(14(15)25)35-18-9(22)2-4-11(33)13(18)24/h1-5H,32-33H2. The summed E-state index contributed by atoms with van der Waals surface area (Å²) in [6, 6.07) is 1.37. The molecule has 3 rings (SSSR count). The van der Waals surface area contributed by atoms with Crippen molar-refractivity contribution in [2.45, 2.75) is 12.4 Å². The van der Waals surface area contributed by atoms with Crippen LogP contribution in [0.25, 0.3) is 0 Å². The Morgan fingerprint density at radius 1 is 0.514 bits per heavy atom. The number of benzene rings is 3. The van der Waals surface area contributed by atoms with E-state index in [0.717, 1.165) is 0 Å². The van der Waals surface area contributed by atoms with Crippen LogP contribution in [0.15, 0.2) is 30.3 Å². The first-order valence-corrected chi connectivity index (χ1v) is 8.87. The van der Waals surface area contributed by atoms with Gasteiger partial charge >= 0.3 is 12.4 Å². The van der Waals surface area contributed by atoms with Crippen molar-refractivity contribution in [1.82, 2.24) is 0 Å². The van der Waals surface area contributed by atoms with Gasteiger partial charge in [-0.05, 0) is 30.3 Å². The topological polar surface area (TPSA) is 70.5 Å². The van der Waals surface area contributed by atoms with Gasteiger partial charge < -0.3 is 20.9 Å². The van der Waals surface area contributed by atoms with Crippen LogP contribution in [0.2, 0.25) is 0 Å². The van der Waals surface area contributed by atoms with Crippen molar-refractivity contribution in [1.29, 1.82) is 0 Å². The summed E-state index contributed by atoms with van der Waals surface area (Å²) in [6.07, 6.45) is -11.6. The first-order chi connectivity index (χ1) is 16.0. The fourth-order valence-corrected chi connectivity index (χ4v) is 2.72. The third kappa shape index (κ3) is 4.83. The van der Waals surface area contributed by atoms with E-state index in [-0.39, 0.29) is 0 Å². The van der Waals surface area contributed by atoms with Crippen molar-refractivity contribution < 1.29 is 57.8 Å². The average Bonchev–Trinajstić information content (AvgIpc) is 2.74. The van der Waals surface area contributed by atoms with E-state index >= 15 is 4.39 Å². The summed E-state index contributed by atoms with van der Waals surface area (Å²) < 4.78 is 161. The van der Waals surface area contributed by atoms with E-state index in [1.54, 1.807) is 0 Å². The maximum absolute atomic E-state index is 15.2. The maximum atomic E-state index is 15.2. The lowest BCUT2D eigenvalue weighted by atomic mass is 10.1. The van der Waals surface area contributed by atoms with Crippen LogP contribution in [-0.2, 0) is 12.4 Å².